The molecule has 0 bridgehead atoms. The first-order chi connectivity index (χ1) is 12.1. The zero-order chi connectivity index (χ0) is 17.8. The van der Waals surface area contributed by atoms with Crippen LogP contribution < -0.4 is 0 Å². The molecule has 1 aromatic carbocycles. The lowest BCUT2D eigenvalue weighted by molar-refractivity contribution is -0.133. The number of rotatable bonds is 4. The van der Waals surface area contributed by atoms with Gasteiger partial charge in [0.05, 0.1) is 23.4 Å². The third kappa shape index (κ3) is 3.90. The molecule has 6 nitrogen and oxygen atoms in total. The molecule has 1 saturated carbocycles. The number of tetrazole rings is 1. The molecule has 0 aliphatic heterocycles. The Kier molecular flexibility index (Phi) is 5.48. The van der Waals surface area contributed by atoms with Crippen molar-refractivity contribution in [2.24, 2.45) is 5.92 Å². The lowest BCUT2D eigenvalue weighted by Gasteiger charge is -2.19. The van der Waals surface area contributed by atoms with Crippen LogP contribution in [0.5, 0.6) is 0 Å². The molecular weight excluding hydrogens is 340 g/mol. The van der Waals surface area contributed by atoms with Crippen LogP contribution in [0, 0.1) is 12.8 Å². The Morgan fingerprint density at radius 3 is 2.68 bits per heavy atom. The summed E-state index contributed by atoms with van der Waals surface area (Å²) in [5.74, 6) is 0.705. The highest BCUT2D eigenvalue weighted by molar-refractivity contribution is 6.33. The van der Waals surface area contributed by atoms with Crippen molar-refractivity contribution in [2.45, 2.75) is 39.0 Å². The number of methoxy groups -OCH3 is 1. The van der Waals surface area contributed by atoms with Crippen molar-refractivity contribution < 1.29 is 9.53 Å². The molecule has 132 valence electrons. The van der Waals surface area contributed by atoms with Crippen LogP contribution in [-0.4, -0.2) is 33.3 Å². The summed E-state index contributed by atoms with van der Waals surface area (Å²) in [7, 11) is 1.40. The van der Waals surface area contributed by atoms with Crippen LogP contribution in [0.25, 0.3) is 11.3 Å². The highest BCUT2D eigenvalue weighted by Crippen LogP contribution is 2.31. The number of ether oxygens (including phenoxy) is 1. The van der Waals surface area contributed by atoms with Gasteiger partial charge in [-0.2, -0.15) is 4.68 Å². The van der Waals surface area contributed by atoms with Crippen LogP contribution in [0.1, 0.15) is 43.5 Å². The van der Waals surface area contributed by atoms with Crippen molar-refractivity contribution in [1.82, 2.24) is 20.2 Å². The molecule has 25 heavy (non-hydrogen) atoms. The SMILES string of the molecule is COC(=O)C(=CC1CCCCC1)c1ccc(-n2nnnc2C)c(Cl)c1. The second-order valence-electron chi connectivity index (χ2n) is 6.27. The number of esters is 1. The molecule has 1 aliphatic rings. The van der Waals surface area contributed by atoms with Crippen molar-refractivity contribution in [3.8, 4) is 5.69 Å². The van der Waals surface area contributed by atoms with Crippen molar-refractivity contribution in [3.63, 3.8) is 0 Å². The van der Waals surface area contributed by atoms with Crippen molar-refractivity contribution in [2.75, 3.05) is 7.11 Å². The van der Waals surface area contributed by atoms with Gasteiger partial charge in [-0.15, -0.1) is 5.10 Å². The fourth-order valence-electron chi connectivity index (χ4n) is 3.23. The van der Waals surface area contributed by atoms with Gasteiger partial charge in [-0.05, 0) is 53.8 Å². The van der Waals surface area contributed by atoms with Crippen molar-refractivity contribution >= 4 is 23.1 Å². The van der Waals surface area contributed by atoms with E-state index < -0.39 is 0 Å². The standard InChI is InChI=1S/C18H21ClN4O2/c1-12-20-21-22-23(12)17-9-8-14(11-16(17)19)15(18(24)25-2)10-13-6-4-3-5-7-13/h8-11,13H,3-7H2,1-2H3. The number of aryl methyl sites for hydroxylation is 1. The van der Waals surface area contributed by atoms with Crippen LogP contribution in [0.15, 0.2) is 24.3 Å². The topological polar surface area (TPSA) is 69.9 Å². The molecule has 1 heterocycles. The van der Waals surface area contributed by atoms with Crippen LogP contribution >= 0.6 is 11.6 Å². The molecule has 7 heteroatoms. The molecule has 1 aliphatic carbocycles. The Hall–Kier alpha value is -2.21. The predicted molar refractivity (Wildman–Crippen MR) is 95.5 cm³/mol. The van der Waals surface area contributed by atoms with Crippen LogP contribution in [0.2, 0.25) is 5.02 Å². The second kappa shape index (κ2) is 7.78. The van der Waals surface area contributed by atoms with Gasteiger partial charge in [0.2, 0.25) is 0 Å². The number of halogens is 1. The first-order valence-electron chi connectivity index (χ1n) is 8.45. The van der Waals surface area contributed by atoms with E-state index >= 15 is 0 Å². The zero-order valence-electron chi connectivity index (χ0n) is 14.4. The van der Waals surface area contributed by atoms with Gasteiger partial charge in [-0.25, -0.2) is 4.79 Å². The fourth-order valence-corrected chi connectivity index (χ4v) is 3.49. The van der Waals surface area contributed by atoms with Crippen molar-refractivity contribution in [3.05, 3.63) is 40.7 Å². The van der Waals surface area contributed by atoms with E-state index in [-0.39, 0.29) is 5.97 Å². The molecule has 0 spiro atoms. The summed E-state index contributed by atoms with van der Waals surface area (Å²) >= 11 is 6.43. The Balaban J connectivity index is 1.96. The Bertz CT molecular complexity index is 794. The summed E-state index contributed by atoms with van der Waals surface area (Å²) in [4.78, 5) is 12.3. The second-order valence-corrected chi connectivity index (χ2v) is 6.68. The Labute approximate surface area is 151 Å². The molecular formula is C18H21ClN4O2. The molecule has 0 radical (unpaired) electrons. The molecule has 0 saturated heterocycles. The average Bonchev–Trinajstić information content (AvgIpc) is 3.05. The number of hydrogen-bond acceptors (Lipinski definition) is 5. The first-order valence-corrected chi connectivity index (χ1v) is 8.83. The minimum absolute atomic E-state index is 0.340. The average molecular weight is 361 g/mol. The zero-order valence-corrected chi connectivity index (χ0v) is 15.2. The Morgan fingerprint density at radius 2 is 2.08 bits per heavy atom. The number of aromatic nitrogens is 4. The normalized spacial score (nSPS) is 16.0. The fraction of sp³-hybridized carbons (Fsp3) is 0.444. The lowest BCUT2D eigenvalue weighted by atomic mass is 9.87. The van der Waals surface area contributed by atoms with Gasteiger partial charge in [-0.1, -0.05) is 43.0 Å². The molecule has 1 fully saturated rings. The maximum atomic E-state index is 12.3. The monoisotopic (exact) mass is 360 g/mol. The van der Waals surface area contributed by atoms with Gasteiger partial charge in [0.1, 0.15) is 0 Å². The van der Waals surface area contributed by atoms with Gasteiger partial charge in [-0.3, -0.25) is 0 Å². The van der Waals surface area contributed by atoms with E-state index in [1.54, 1.807) is 17.7 Å². The number of carbonyl (C=O) groups excluding carboxylic acids is 1. The predicted octanol–water partition coefficient (Wildman–Crippen LogP) is 3.76. The van der Waals surface area contributed by atoms with E-state index in [4.69, 9.17) is 16.3 Å². The third-order valence-electron chi connectivity index (χ3n) is 4.57. The summed E-state index contributed by atoms with van der Waals surface area (Å²) in [6, 6.07) is 5.44. The van der Waals surface area contributed by atoms with Crippen LogP contribution in [0.4, 0.5) is 0 Å². The molecule has 0 atom stereocenters. The van der Waals surface area contributed by atoms with Gasteiger partial charge >= 0.3 is 5.97 Å². The molecule has 0 unspecified atom stereocenters. The van der Waals surface area contributed by atoms with E-state index in [2.05, 4.69) is 15.5 Å². The van der Waals surface area contributed by atoms with Crippen LogP contribution in [0.3, 0.4) is 0 Å². The van der Waals surface area contributed by atoms with Gasteiger partial charge in [0.25, 0.3) is 0 Å². The van der Waals surface area contributed by atoms with E-state index in [0.29, 0.717) is 28.0 Å². The summed E-state index contributed by atoms with van der Waals surface area (Å²) in [6.45, 7) is 1.80. The van der Waals surface area contributed by atoms with E-state index in [0.717, 1.165) is 18.4 Å². The smallest absolute Gasteiger partial charge is 0.338 e. The first kappa shape index (κ1) is 17.6. The molecule has 3 rings (SSSR count). The quantitative estimate of drug-likeness (QED) is 0.613. The maximum Gasteiger partial charge on any atom is 0.338 e. The summed E-state index contributed by atoms with van der Waals surface area (Å²) in [5, 5.41) is 11.9. The molecule has 1 aromatic heterocycles. The number of carbonyl (C=O) groups is 1. The summed E-state index contributed by atoms with van der Waals surface area (Å²) < 4.78 is 6.55. The molecule has 0 N–H and O–H groups in total. The number of benzene rings is 1. The number of hydrogen-bond donors (Lipinski definition) is 0. The summed E-state index contributed by atoms with van der Waals surface area (Å²) in [6.07, 6.45) is 7.93. The summed E-state index contributed by atoms with van der Waals surface area (Å²) in [5.41, 5.74) is 1.99. The van der Waals surface area contributed by atoms with Crippen LogP contribution in [-0.2, 0) is 9.53 Å². The number of allylic oxidation sites excluding steroid dienone is 1. The maximum absolute atomic E-state index is 12.3. The lowest BCUT2D eigenvalue weighted by Crippen LogP contribution is -2.10. The highest BCUT2D eigenvalue weighted by Gasteiger charge is 2.19. The van der Waals surface area contributed by atoms with E-state index in [1.807, 2.05) is 18.2 Å². The number of nitrogens with zero attached hydrogens (tertiary/aromatic N) is 4. The Morgan fingerprint density at radius 1 is 1.32 bits per heavy atom. The highest BCUT2D eigenvalue weighted by atomic mass is 35.5. The largest absolute Gasteiger partial charge is 0.465 e. The molecule has 0 amide bonds. The minimum atomic E-state index is -0.340. The third-order valence-corrected chi connectivity index (χ3v) is 4.87. The van der Waals surface area contributed by atoms with E-state index in [1.165, 1.54) is 26.4 Å². The van der Waals surface area contributed by atoms with Gasteiger partial charge in [0, 0.05) is 0 Å². The van der Waals surface area contributed by atoms with Gasteiger partial charge < -0.3 is 4.74 Å². The van der Waals surface area contributed by atoms with Gasteiger partial charge in [0.15, 0.2) is 5.82 Å². The van der Waals surface area contributed by atoms with Crippen molar-refractivity contribution in [1.29, 1.82) is 0 Å². The van der Waals surface area contributed by atoms with E-state index in [9.17, 15) is 4.79 Å². The minimum Gasteiger partial charge on any atom is -0.465 e. The molecule has 2 aromatic rings.